The molecule has 2 heterocycles. The maximum Gasteiger partial charge on any atom is 0.191 e. The molecule has 0 spiro atoms. The number of aliphatic imine (C=N–C) groups is 1. The molecule has 1 fully saturated rings. The lowest BCUT2D eigenvalue weighted by atomic mass is 10.1. The van der Waals surface area contributed by atoms with E-state index >= 15 is 0 Å². The number of pyridine rings is 1. The maximum atomic E-state index is 4.35. The Morgan fingerprint density at radius 2 is 2.00 bits per heavy atom. The van der Waals surface area contributed by atoms with Crippen LogP contribution in [0.4, 0.5) is 5.69 Å². The fourth-order valence-electron chi connectivity index (χ4n) is 3.30. The van der Waals surface area contributed by atoms with Gasteiger partial charge in [-0.2, -0.15) is 0 Å². The van der Waals surface area contributed by atoms with E-state index in [9.17, 15) is 0 Å². The molecule has 1 atom stereocenters. The molecule has 1 saturated heterocycles. The fourth-order valence-corrected chi connectivity index (χ4v) is 3.30. The lowest BCUT2D eigenvalue weighted by Gasteiger charge is -2.22. The Kier molecular flexibility index (Phi) is 8.84. The summed E-state index contributed by atoms with van der Waals surface area (Å²) >= 11 is 0. The van der Waals surface area contributed by atoms with Crippen molar-refractivity contribution < 1.29 is 0 Å². The van der Waals surface area contributed by atoms with Crippen molar-refractivity contribution in [3.8, 4) is 0 Å². The molecule has 5 nitrogen and oxygen atoms in total. The normalized spacial score (nSPS) is 15.2. The van der Waals surface area contributed by atoms with Crippen molar-refractivity contribution in [1.29, 1.82) is 0 Å². The molecule has 146 valence electrons. The summed E-state index contributed by atoms with van der Waals surface area (Å²) in [6, 6.07) is 15.0. The Balaban J connectivity index is 0.00000261. The van der Waals surface area contributed by atoms with Crippen LogP contribution in [0.25, 0.3) is 0 Å². The largest absolute Gasteiger partial charge is 0.372 e. The molecule has 2 aromatic rings. The zero-order valence-corrected chi connectivity index (χ0v) is 18.5. The number of hydrogen-bond acceptors (Lipinski definition) is 3. The number of aromatic nitrogens is 1. The first kappa shape index (κ1) is 21.5. The van der Waals surface area contributed by atoms with Crippen LogP contribution >= 0.6 is 24.0 Å². The molecule has 1 aromatic heterocycles. The second kappa shape index (κ2) is 11.1. The van der Waals surface area contributed by atoms with E-state index in [0.29, 0.717) is 0 Å². The standard InChI is InChI=1S/C21H29N5.HI/c1-17(18-8-7-10-20(16-18)26-14-5-6-15-26)25-21(22-2)24-13-11-19-9-3-4-12-23-19;/h3-4,7-10,12,16-17H,5-6,11,13-15H2,1-2H3,(H2,22,24,25);1H. The molecular formula is C21H30IN5. The van der Waals surface area contributed by atoms with Gasteiger partial charge in [-0.15, -0.1) is 24.0 Å². The van der Waals surface area contributed by atoms with Crippen molar-refractivity contribution in [2.45, 2.75) is 32.2 Å². The van der Waals surface area contributed by atoms with Gasteiger partial charge in [-0.05, 0) is 49.6 Å². The highest BCUT2D eigenvalue weighted by Gasteiger charge is 2.14. The monoisotopic (exact) mass is 479 g/mol. The predicted molar refractivity (Wildman–Crippen MR) is 124 cm³/mol. The molecule has 1 aliphatic heterocycles. The maximum absolute atomic E-state index is 4.35. The van der Waals surface area contributed by atoms with Crippen LogP contribution in [-0.2, 0) is 6.42 Å². The Hall–Kier alpha value is -1.83. The molecule has 1 unspecified atom stereocenters. The Labute approximate surface area is 179 Å². The van der Waals surface area contributed by atoms with E-state index in [1.165, 1.54) is 37.2 Å². The smallest absolute Gasteiger partial charge is 0.191 e. The van der Waals surface area contributed by atoms with Crippen molar-refractivity contribution in [2.24, 2.45) is 4.99 Å². The zero-order valence-electron chi connectivity index (χ0n) is 16.2. The van der Waals surface area contributed by atoms with E-state index in [0.717, 1.165) is 24.6 Å². The third-order valence-electron chi connectivity index (χ3n) is 4.82. The molecule has 1 aromatic carbocycles. The molecule has 3 rings (SSSR count). The second-order valence-corrected chi connectivity index (χ2v) is 6.73. The van der Waals surface area contributed by atoms with E-state index in [-0.39, 0.29) is 30.0 Å². The molecule has 1 aliphatic rings. The molecule has 27 heavy (non-hydrogen) atoms. The van der Waals surface area contributed by atoms with E-state index in [2.05, 4.69) is 56.7 Å². The van der Waals surface area contributed by atoms with Crippen LogP contribution in [0.1, 0.15) is 37.1 Å². The molecule has 0 saturated carbocycles. The van der Waals surface area contributed by atoms with Crippen molar-refractivity contribution >= 4 is 35.6 Å². The average Bonchev–Trinajstić information content (AvgIpc) is 3.23. The number of guanidine groups is 1. The van der Waals surface area contributed by atoms with E-state index < -0.39 is 0 Å². The van der Waals surface area contributed by atoms with E-state index in [1.54, 1.807) is 0 Å². The van der Waals surface area contributed by atoms with Crippen molar-refractivity contribution in [2.75, 3.05) is 31.6 Å². The molecule has 2 N–H and O–H groups in total. The highest BCUT2D eigenvalue weighted by molar-refractivity contribution is 14.0. The van der Waals surface area contributed by atoms with Gasteiger partial charge in [0.25, 0.3) is 0 Å². The lowest BCUT2D eigenvalue weighted by molar-refractivity contribution is 0.682. The summed E-state index contributed by atoms with van der Waals surface area (Å²) in [5.41, 5.74) is 3.69. The first-order valence-electron chi connectivity index (χ1n) is 9.48. The Morgan fingerprint density at radius 1 is 1.19 bits per heavy atom. The Morgan fingerprint density at radius 3 is 2.70 bits per heavy atom. The fraction of sp³-hybridized carbons (Fsp3) is 0.429. The van der Waals surface area contributed by atoms with E-state index in [4.69, 9.17) is 0 Å². The molecule has 6 heteroatoms. The first-order valence-corrected chi connectivity index (χ1v) is 9.48. The number of hydrogen-bond donors (Lipinski definition) is 2. The van der Waals surface area contributed by atoms with Gasteiger partial charge in [0.2, 0.25) is 0 Å². The Bertz CT molecular complexity index is 714. The summed E-state index contributed by atoms with van der Waals surface area (Å²) in [5.74, 6) is 0.819. The van der Waals surface area contributed by atoms with Gasteiger partial charge >= 0.3 is 0 Å². The van der Waals surface area contributed by atoms with E-state index in [1.807, 2.05) is 31.4 Å². The highest BCUT2D eigenvalue weighted by atomic mass is 127. The van der Waals surface area contributed by atoms with Crippen LogP contribution in [0.5, 0.6) is 0 Å². The minimum absolute atomic E-state index is 0. The third-order valence-corrected chi connectivity index (χ3v) is 4.82. The van der Waals surface area contributed by atoms with Gasteiger partial charge in [-0.3, -0.25) is 9.98 Å². The quantitative estimate of drug-likeness (QED) is 0.377. The molecule has 0 aliphatic carbocycles. The van der Waals surface area contributed by atoms with Crippen LogP contribution in [0.15, 0.2) is 53.7 Å². The van der Waals surface area contributed by atoms with Crippen molar-refractivity contribution in [1.82, 2.24) is 15.6 Å². The minimum Gasteiger partial charge on any atom is -0.372 e. The average molecular weight is 479 g/mol. The second-order valence-electron chi connectivity index (χ2n) is 6.73. The van der Waals surface area contributed by atoms with Crippen molar-refractivity contribution in [3.05, 3.63) is 59.9 Å². The minimum atomic E-state index is 0. The number of nitrogens with one attached hydrogen (secondary N) is 2. The van der Waals surface area contributed by atoms with Crippen LogP contribution in [0.2, 0.25) is 0 Å². The lowest BCUT2D eigenvalue weighted by Crippen LogP contribution is -2.39. The summed E-state index contributed by atoms with van der Waals surface area (Å²) in [6.45, 7) is 5.32. The number of anilines is 1. The SMILES string of the molecule is CN=C(NCCc1ccccn1)NC(C)c1cccc(N2CCCC2)c1.I. The molecule has 0 amide bonds. The first-order chi connectivity index (χ1) is 12.8. The van der Waals surface area contributed by atoms with Crippen LogP contribution < -0.4 is 15.5 Å². The van der Waals surface area contributed by atoms with Gasteiger partial charge in [0, 0.05) is 50.7 Å². The van der Waals surface area contributed by atoms with Gasteiger partial charge in [0.05, 0.1) is 6.04 Å². The van der Waals surface area contributed by atoms with Crippen LogP contribution in [0, 0.1) is 0 Å². The number of nitrogens with zero attached hydrogens (tertiary/aromatic N) is 3. The number of rotatable bonds is 6. The summed E-state index contributed by atoms with van der Waals surface area (Å²) in [6.07, 6.45) is 5.30. The van der Waals surface area contributed by atoms with Gasteiger partial charge in [0.15, 0.2) is 5.96 Å². The third kappa shape index (κ3) is 6.37. The molecule has 0 radical (unpaired) electrons. The molecular weight excluding hydrogens is 449 g/mol. The number of benzene rings is 1. The topological polar surface area (TPSA) is 52.6 Å². The highest BCUT2D eigenvalue weighted by Crippen LogP contribution is 2.23. The summed E-state index contributed by atoms with van der Waals surface area (Å²) in [7, 11) is 1.81. The van der Waals surface area contributed by atoms with Gasteiger partial charge in [-0.1, -0.05) is 18.2 Å². The summed E-state index contributed by atoms with van der Waals surface area (Å²) in [5, 5.41) is 6.86. The molecule has 0 bridgehead atoms. The van der Waals surface area contributed by atoms with Gasteiger partial charge in [0.1, 0.15) is 0 Å². The summed E-state index contributed by atoms with van der Waals surface area (Å²) in [4.78, 5) is 11.2. The zero-order chi connectivity index (χ0) is 18.2. The van der Waals surface area contributed by atoms with Crippen LogP contribution in [-0.4, -0.2) is 37.6 Å². The number of halogens is 1. The van der Waals surface area contributed by atoms with Crippen LogP contribution in [0.3, 0.4) is 0 Å². The van der Waals surface area contributed by atoms with Gasteiger partial charge in [-0.25, -0.2) is 0 Å². The van der Waals surface area contributed by atoms with Crippen molar-refractivity contribution in [3.63, 3.8) is 0 Å². The predicted octanol–water partition coefficient (Wildman–Crippen LogP) is 3.77. The summed E-state index contributed by atoms with van der Waals surface area (Å²) < 4.78 is 0. The van der Waals surface area contributed by atoms with Gasteiger partial charge < -0.3 is 15.5 Å².